The molecule has 0 unspecified atom stereocenters. The number of thiazole rings is 1. The maximum absolute atomic E-state index is 12.2. The highest BCUT2D eigenvalue weighted by Gasteiger charge is 2.08. The van der Waals surface area contributed by atoms with Gasteiger partial charge in [-0.2, -0.15) is 0 Å². The molecule has 0 aliphatic rings. The van der Waals surface area contributed by atoms with Crippen molar-refractivity contribution in [3.05, 3.63) is 95.6 Å². The quantitative estimate of drug-likeness (QED) is 0.522. The maximum atomic E-state index is 12.2. The Morgan fingerprint density at radius 3 is 2.36 bits per heavy atom. The molecule has 0 aliphatic heterocycles. The second-order valence-corrected chi connectivity index (χ2v) is 7.27. The zero-order valence-corrected chi connectivity index (χ0v) is 16.0. The fourth-order valence-corrected chi connectivity index (χ4v) is 3.71. The van der Waals surface area contributed by atoms with E-state index in [1.165, 1.54) is 0 Å². The minimum Gasteiger partial charge on any atom is -0.352 e. The highest BCUT2D eigenvalue weighted by Crippen LogP contribution is 2.28. The molecule has 0 bridgehead atoms. The van der Waals surface area contributed by atoms with Crippen molar-refractivity contribution in [1.82, 2.24) is 15.3 Å². The number of carbonyl (C=O) groups excluding carboxylic acids is 1. The standard InChI is InChI=1S/C23H19N3OS/c27-22(25-15-18-4-2-1-3-5-18)14-17-6-8-19(9-7-17)21-16-28-23(26-21)20-10-12-24-13-11-20/h1-13,16H,14-15H2,(H,25,27). The van der Waals surface area contributed by atoms with Crippen LogP contribution in [0.1, 0.15) is 11.1 Å². The van der Waals surface area contributed by atoms with Gasteiger partial charge in [-0.05, 0) is 23.3 Å². The molecule has 1 N–H and O–H groups in total. The lowest BCUT2D eigenvalue weighted by Gasteiger charge is -2.06. The number of rotatable bonds is 6. The molecular weight excluding hydrogens is 366 g/mol. The Kier molecular flexibility index (Phi) is 5.54. The van der Waals surface area contributed by atoms with E-state index in [0.717, 1.165) is 33.0 Å². The number of benzene rings is 2. The van der Waals surface area contributed by atoms with Gasteiger partial charge in [-0.15, -0.1) is 11.3 Å². The molecule has 0 spiro atoms. The molecule has 1 amide bonds. The molecular formula is C23H19N3OS. The molecule has 2 heterocycles. The minimum atomic E-state index is 0.0187. The van der Waals surface area contributed by atoms with E-state index in [9.17, 15) is 4.79 Å². The summed E-state index contributed by atoms with van der Waals surface area (Å²) in [4.78, 5) is 20.9. The molecule has 28 heavy (non-hydrogen) atoms. The van der Waals surface area contributed by atoms with Gasteiger partial charge in [0, 0.05) is 35.4 Å². The lowest BCUT2D eigenvalue weighted by Crippen LogP contribution is -2.24. The molecule has 2 aromatic heterocycles. The molecule has 2 aromatic carbocycles. The van der Waals surface area contributed by atoms with Crippen LogP contribution in [0.2, 0.25) is 0 Å². The van der Waals surface area contributed by atoms with Crippen molar-refractivity contribution in [1.29, 1.82) is 0 Å². The van der Waals surface area contributed by atoms with Crippen molar-refractivity contribution in [3.8, 4) is 21.8 Å². The van der Waals surface area contributed by atoms with Gasteiger partial charge in [0.15, 0.2) is 0 Å². The summed E-state index contributed by atoms with van der Waals surface area (Å²) in [6.45, 7) is 0.550. The van der Waals surface area contributed by atoms with Crippen LogP contribution in [0.15, 0.2) is 84.5 Å². The van der Waals surface area contributed by atoms with E-state index in [0.29, 0.717) is 13.0 Å². The Labute approximate surface area is 167 Å². The van der Waals surface area contributed by atoms with Gasteiger partial charge in [-0.1, -0.05) is 54.6 Å². The number of hydrogen-bond donors (Lipinski definition) is 1. The van der Waals surface area contributed by atoms with Gasteiger partial charge < -0.3 is 5.32 Å². The zero-order valence-electron chi connectivity index (χ0n) is 15.2. The van der Waals surface area contributed by atoms with Crippen LogP contribution in [0, 0.1) is 0 Å². The van der Waals surface area contributed by atoms with E-state index >= 15 is 0 Å². The van der Waals surface area contributed by atoms with E-state index in [2.05, 4.69) is 15.7 Å². The van der Waals surface area contributed by atoms with Gasteiger partial charge in [0.25, 0.3) is 0 Å². The van der Waals surface area contributed by atoms with E-state index in [-0.39, 0.29) is 5.91 Å². The number of nitrogens with zero attached hydrogens (tertiary/aromatic N) is 2. The molecule has 0 radical (unpaired) electrons. The van der Waals surface area contributed by atoms with Crippen molar-refractivity contribution in [2.75, 3.05) is 0 Å². The van der Waals surface area contributed by atoms with Crippen molar-refractivity contribution in [3.63, 3.8) is 0 Å². The number of pyridine rings is 1. The Morgan fingerprint density at radius 1 is 0.857 bits per heavy atom. The van der Waals surface area contributed by atoms with Crippen molar-refractivity contribution in [2.24, 2.45) is 0 Å². The molecule has 0 aliphatic carbocycles. The third kappa shape index (κ3) is 4.50. The topological polar surface area (TPSA) is 54.9 Å². The van der Waals surface area contributed by atoms with Gasteiger partial charge in [-0.3, -0.25) is 9.78 Å². The smallest absolute Gasteiger partial charge is 0.224 e. The molecule has 0 saturated carbocycles. The first kappa shape index (κ1) is 18.1. The van der Waals surface area contributed by atoms with Crippen LogP contribution in [-0.4, -0.2) is 15.9 Å². The Bertz CT molecular complexity index is 1040. The number of amides is 1. The average Bonchev–Trinajstić information content (AvgIpc) is 3.25. The summed E-state index contributed by atoms with van der Waals surface area (Å²) in [6, 6.07) is 21.8. The molecule has 0 atom stereocenters. The molecule has 0 fully saturated rings. The van der Waals surface area contributed by atoms with Crippen LogP contribution in [0.4, 0.5) is 0 Å². The van der Waals surface area contributed by atoms with Gasteiger partial charge in [-0.25, -0.2) is 4.98 Å². The SMILES string of the molecule is O=C(Cc1ccc(-c2csc(-c3ccncc3)n2)cc1)NCc1ccccc1. The summed E-state index contributed by atoms with van der Waals surface area (Å²) in [5.41, 5.74) is 5.14. The van der Waals surface area contributed by atoms with Gasteiger partial charge in [0.2, 0.25) is 5.91 Å². The Balaban J connectivity index is 1.37. The molecule has 5 heteroatoms. The zero-order chi connectivity index (χ0) is 19.2. The fraction of sp³-hybridized carbons (Fsp3) is 0.0870. The summed E-state index contributed by atoms with van der Waals surface area (Å²) < 4.78 is 0. The second kappa shape index (κ2) is 8.59. The lowest BCUT2D eigenvalue weighted by molar-refractivity contribution is -0.120. The van der Waals surface area contributed by atoms with Crippen molar-refractivity contribution >= 4 is 17.2 Å². The summed E-state index contributed by atoms with van der Waals surface area (Å²) in [7, 11) is 0. The van der Waals surface area contributed by atoms with Crippen LogP contribution in [0.3, 0.4) is 0 Å². The van der Waals surface area contributed by atoms with Crippen LogP contribution in [0.5, 0.6) is 0 Å². The minimum absolute atomic E-state index is 0.0187. The maximum Gasteiger partial charge on any atom is 0.224 e. The number of aromatic nitrogens is 2. The van der Waals surface area contributed by atoms with E-state index in [4.69, 9.17) is 4.98 Å². The Morgan fingerprint density at radius 2 is 1.61 bits per heavy atom. The van der Waals surface area contributed by atoms with E-state index in [1.54, 1.807) is 23.7 Å². The van der Waals surface area contributed by atoms with Crippen LogP contribution in [-0.2, 0) is 17.8 Å². The van der Waals surface area contributed by atoms with E-state index < -0.39 is 0 Å². The highest BCUT2D eigenvalue weighted by molar-refractivity contribution is 7.13. The molecule has 4 rings (SSSR count). The van der Waals surface area contributed by atoms with Crippen molar-refractivity contribution in [2.45, 2.75) is 13.0 Å². The van der Waals surface area contributed by atoms with Gasteiger partial charge in [0.1, 0.15) is 5.01 Å². The highest BCUT2D eigenvalue weighted by atomic mass is 32.1. The third-order valence-electron chi connectivity index (χ3n) is 4.38. The predicted octanol–water partition coefficient (Wildman–Crippen LogP) is 4.73. The van der Waals surface area contributed by atoms with Crippen LogP contribution in [0.25, 0.3) is 21.8 Å². The predicted molar refractivity (Wildman–Crippen MR) is 113 cm³/mol. The summed E-state index contributed by atoms with van der Waals surface area (Å²) in [5.74, 6) is 0.0187. The van der Waals surface area contributed by atoms with Gasteiger partial charge in [0.05, 0.1) is 12.1 Å². The van der Waals surface area contributed by atoms with Gasteiger partial charge >= 0.3 is 0 Å². The first-order valence-corrected chi connectivity index (χ1v) is 9.92. The monoisotopic (exact) mass is 385 g/mol. The summed E-state index contributed by atoms with van der Waals surface area (Å²) in [6.07, 6.45) is 3.91. The Hall–Kier alpha value is -3.31. The molecule has 0 saturated heterocycles. The lowest BCUT2D eigenvalue weighted by atomic mass is 10.1. The first-order chi connectivity index (χ1) is 13.8. The fourth-order valence-electron chi connectivity index (χ4n) is 2.87. The van der Waals surface area contributed by atoms with Crippen LogP contribution >= 0.6 is 11.3 Å². The molecule has 4 aromatic rings. The van der Waals surface area contributed by atoms with Crippen molar-refractivity contribution < 1.29 is 4.79 Å². The first-order valence-electron chi connectivity index (χ1n) is 9.04. The van der Waals surface area contributed by atoms with Crippen LogP contribution < -0.4 is 5.32 Å². The molecule has 138 valence electrons. The molecule has 4 nitrogen and oxygen atoms in total. The average molecular weight is 385 g/mol. The summed E-state index contributed by atoms with van der Waals surface area (Å²) in [5, 5.41) is 5.99. The number of nitrogens with one attached hydrogen (secondary N) is 1. The second-order valence-electron chi connectivity index (χ2n) is 6.41. The third-order valence-corrected chi connectivity index (χ3v) is 5.27. The summed E-state index contributed by atoms with van der Waals surface area (Å²) >= 11 is 1.61. The normalized spacial score (nSPS) is 10.6. The van der Waals surface area contributed by atoms with E-state index in [1.807, 2.05) is 66.7 Å². The largest absolute Gasteiger partial charge is 0.352 e. The number of hydrogen-bond acceptors (Lipinski definition) is 4. The number of carbonyl (C=O) groups is 1.